The quantitative estimate of drug-likeness (QED) is 0.645. The first kappa shape index (κ1) is 16.5. The van der Waals surface area contributed by atoms with Crippen LogP contribution in [0.5, 0.6) is 0 Å². The molecule has 0 aliphatic heterocycles. The Morgan fingerprint density at radius 1 is 1.30 bits per heavy atom. The Morgan fingerprint density at radius 3 is 2.50 bits per heavy atom. The molecule has 0 saturated heterocycles. The average molecular weight is 294 g/mol. The summed E-state index contributed by atoms with van der Waals surface area (Å²) in [6.07, 6.45) is 1.95. The highest BCUT2D eigenvalue weighted by Gasteiger charge is 2.19. The van der Waals surface area contributed by atoms with Crippen LogP contribution in [-0.4, -0.2) is 14.2 Å². The van der Waals surface area contributed by atoms with Crippen LogP contribution < -0.4 is 5.73 Å². The normalized spacial score (nSPS) is 12.1. The summed E-state index contributed by atoms with van der Waals surface area (Å²) in [4.78, 5) is 0.211. The van der Waals surface area contributed by atoms with Crippen LogP contribution in [0.3, 0.4) is 0 Å². The summed E-state index contributed by atoms with van der Waals surface area (Å²) in [7, 11) is -3.34. The molecule has 0 aromatic heterocycles. The molecule has 1 aromatic carbocycles. The number of nitrogens with two attached hydrogens (primary N) is 1. The molecule has 1 rings (SSSR count). The molecule has 0 spiro atoms. The minimum absolute atomic E-state index is 0.0712. The Bertz CT molecular complexity index is 613. The van der Waals surface area contributed by atoms with Crippen molar-refractivity contribution in [2.75, 3.05) is 11.5 Å². The number of nitriles is 1. The smallest absolute Gasteiger partial charge is 0.180 e. The third kappa shape index (κ3) is 4.53. The summed E-state index contributed by atoms with van der Waals surface area (Å²) < 4.78 is 24.4. The van der Waals surface area contributed by atoms with E-state index in [1.54, 1.807) is 18.2 Å². The van der Waals surface area contributed by atoms with E-state index in [2.05, 4.69) is 6.07 Å². The van der Waals surface area contributed by atoms with E-state index in [1.807, 2.05) is 20.8 Å². The van der Waals surface area contributed by atoms with Gasteiger partial charge in [-0.05, 0) is 51.3 Å². The van der Waals surface area contributed by atoms with Crippen molar-refractivity contribution in [1.29, 1.82) is 5.26 Å². The second kappa shape index (κ2) is 6.27. The molecule has 2 N–H and O–H groups in total. The molecule has 4 nitrogen and oxygen atoms in total. The number of nitrogen functional groups attached to an aromatic ring is 1. The number of hydrogen-bond acceptors (Lipinski definition) is 4. The molecule has 0 unspecified atom stereocenters. The van der Waals surface area contributed by atoms with Gasteiger partial charge in [-0.1, -0.05) is 12.5 Å². The number of sulfone groups is 1. The van der Waals surface area contributed by atoms with Crippen molar-refractivity contribution in [3.05, 3.63) is 23.8 Å². The highest BCUT2D eigenvalue weighted by atomic mass is 32.2. The Hall–Kier alpha value is -1.54. The van der Waals surface area contributed by atoms with Gasteiger partial charge in [-0.3, -0.25) is 0 Å². The van der Waals surface area contributed by atoms with Gasteiger partial charge in [-0.2, -0.15) is 5.26 Å². The molecule has 110 valence electrons. The average Bonchev–Trinajstić information content (AvgIpc) is 2.34. The third-order valence-corrected chi connectivity index (χ3v) is 5.14. The fourth-order valence-electron chi connectivity index (χ4n) is 1.98. The van der Waals surface area contributed by atoms with Crippen LogP contribution in [0.2, 0.25) is 0 Å². The van der Waals surface area contributed by atoms with Gasteiger partial charge in [0, 0.05) is 0 Å². The van der Waals surface area contributed by atoms with Gasteiger partial charge < -0.3 is 5.73 Å². The lowest BCUT2D eigenvalue weighted by molar-refractivity contribution is 0.431. The first-order valence-electron chi connectivity index (χ1n) is 6.68. The van der Waals surface area contributed by atoms with Crippen molar-refractivity contribution in [3.63, 3.8) is 0 Å². The maximum atomic E-state index is 12.2. The maximum absolute atomic E-state index is 12.2. The predicted molar refractivity (Wildman–Crippen MR) is 80.9 cm³/mol. The predicted octanol–water partition coefficient (Wildman–Crippen LogP) is 3.07. The van der Waals surface area contributed by atoms with Gasteiger partial charge in [0.1, 0.15) is 0 Å². The highest BCUT2D eigenvalue weighted by molar-refractivity contribution is 7.91. The van der Waals surface area contributed by atoms with Gasteiger partial charge in [-0.15, -0.1) is 0 Å². The van der Waals surface area contributed by atoms with Crippen LogP contribution in [0.25, 0.3) is 0 Å². The van der Waals surface area contributed by atoms with E-state index in [1.165, 1.54) is 0 Å². The highest BCUT2D eigenvalue weighted by Crippen LogP contribution is 2.24. The van der Waals surface area contributed by atoms with Crippen molar-refractivity contribution in [3.8, 4) is 6.07 Å². The summed E-state index contributed by atoms with van der Waals surface area (Å²) in [5, 5.41) is 8.91. The largest absolute Gasteiger partial charge is 0.398 e. The van der Waals surface area contributed by atoms with E-state index in [-0.39, 0.29) is 10.6 Å². The number of rotatable bonds is 6. The third-order valence-electron chi connectivity index (χ3n) is 3.27. The summed E-state index contributed by atoms with van der Waals surface area (Å²) in [5.41, 5.74) is 6.63. The Kier molecular flexibility index (Phi) is 5.18. The molecule has 1 aromatic rings. The van der Waals surface area contributed by atoms with Crippen LogP contribution in [0, 0.1) is 23.7 Å². The molecule has 0 fully saturated rings. The summed E-state index contributed by atoms with van der Waals surface area (Å²) in [6, 6.07) is 7.21. The van der Waals surface area contributed by atoms with Gasteiger partial charge in [-0.25, -0.2) is 8.42 Å². The van der Waals surface area contributed by atoms with Crippen LogP contribution >= 0.6 is 0 Å². The molecular formula is C15H22N2O2S. The molecule has 5 heteroatoms. The second-order valence-corrected chi connectivity index (χ2v) is 7.89. The van der Waals surface area contributed by atoms with Crippen LogP contribution in [0.1, 0.15) is 38.7 Å². The fourth-order valence-corrected chi connectivity index (χ4v) is 3.47. The summed E-state index contributed by atoms with van der Waals surface area (Å²) >= 11 is 0. The minimum atomic E-state index is -3.34. The SMILES string of the molecule is Cc1ccc(S(=O)(=O)CCCCC(C)(C)C#N)c(N)c1. The number of hydrogen-bond donors (Lipinski definition) is 1. The fraction of sp³-hybridized carbons (Fsp3) is 0.533. The molecule has 0 heterocycles. The van der Waals surface area contributed by atoms with Crippen molar-refractivity contribution in [1.82, 2.24) is 0 Å². The Labute approximate surface area is 121 Å². The zero-order chi connectivity index (χ0) is 15.4. The molecule has 0 aliphatic carbocycles. The van der Waals surface area contributed by atoms with Crippen molar-refractivity contribution in [2.24, 2.45) is 5.41 Å². The minimum Gasteiger partial charge on any atom is -0.398 e. The molecule has 20 heavy (non-hydrogen) atoms. The van der Waals surface area contributed by atoms with Crippen molar-refractivity contribution >= 4 is 15.5 Å². The number of aryl methyl sites for hydroxylation is 1. The second-order valence-electron chi connectivity index (χ2n) is 5.81. The van der Waals surface area contributed by atoms with Crippen LogP contribution in [0.15, 0.2) is 23.1 Å². The van der Waals surface area contributed by atoms with Gasteiger partial charge in [0.15, 0.2) is 9.84 Å². The number of unbranched alkanes of at least 4 members (excludes halogenated alkanes) is 1. The van der Waals surface area contributed by atoms with Gasteiger partial charge in [0.2, 0.25) is 0 Å². The molecule has 0 amide bonds. The number of anilines is 1. The molecule has 0 radical (unpaired) electrons. The summed E-state index contributed by atoms with van der Waals surface area (Å²) in [5.74, 6) is 0.0712. The Morgan fingerprint density at radius 2 is 1.95 bits per heavy atom. The van der Waals surface area contributed by atoms with E-state index in [0.29, 0.717) is 24.9 Å². The van der Waals surface area contributed by atoms with Crippen LogP contribution in [0.4, 0.5) is 5.69 Å². The lowest BCUT2D eigenvalue weighted by atomic mass is 9.89. The molecule has 0 saturated carbocycles. The van der Waals surface area contributed by atoms with Crippen LogP contribution in [-0.2, 0) is 9.84 Å². The monoisotopic (exact) mass is 294 g/mol. The van der Waals surface area contributed by atoms with E-state index in [4.69, 9.17) is 11.0 Å². The van der Waals surface area contributed by atoms with E-state index >= 15 is 0 Å². The molecule has 0 atom stereocenters. The Balaban J connectivity index is 2.65. The molecule has 0 bridgehead atoms. The van der Waals surface area contributed by atoms with E-state index < -0.39 is 15.3 Å². The number of benzene rings is 1. The topological polar surface area (TPSA) is 84.0 Å². The van der Waals surface area contributed by atoms with E-state index in [0.717, 1.165) is 5.56 Å². The summed E-state index contributed by atoms with van der Waals surface area (Å²) in [6.45, 7) is 5.59. The zero-order valence-corrected chi connectivity index (χ0v) is 13.1. The molecular weight excluding hydrogens is 272 g/mol. The first-order chi connectivity index (χ1) is 9.18. The van der Waals surface area contributed by atoms with E-state index in [9.17, 15) is 8.42 Å². The van der Waals surface area contributed by atoms with Crippen molar-refractivity contribution in [2.45, 2.75) is 44.9 Å². The zero-order valence-electron chi connectivity index (χ0n) is 12.3. The van der Waals surface area contributed by atoms with Gasteiger partial charge in [0.25, 0.3) is 0 Å². The maximum Gasteiger partial charge on any atom is 0.180 e. The first-order valence-corrected chi connectivity index (χ1v) is 8.33. The standard InChI is InChI=1S/C15H22N2O2S/c1-12-6-7-14(13(17)10-12)20(18,19)9-5-4-8-15(2,3)11-16/h6-7,10H,4-5,8-9,17H2,1-3H3. The lowest BCUT2D eigenvalue weighted by Gasteiger charge is -2.14. The number of nitrogens with zero attached hydrogens (tertiary/aromatic N) is 1. The van der Waals surface area contributed by atoms with Gasteiger partial charge in [0.05, 0.1) is 27.8 Å². The van der Waals surface area contributed by atoms with Crippen molar-refractivity contribution < 1.29 is 8.42 Å². The van der Waals surface area contributed by atoms with Gasteiger partial charge >= 0.3 is 0 Å². The lowest BCUT2D eigenvalue weighted by Crippen LogP contribution is -2.12. The molecule has 0 aliphatic rings.